The second-order valence-corrected chi connectivity index (χ2v) is 8.02. The first-order chi connectivity index (χ1) is 14.5. The lowest BCUT2D eigenvalue weighted by Crippen LogP contribution is -2.33. The Morgan fingerprint density at radius 2 is 1.87 bits per heavy atom. The molecule has 2 aromatic carbocycles. The van der Waals surface area contributed by atoms with Gasteiger partial charge in [-0.05, 0) is 41.5 Å². The predicted octanol–water partition coefficient (Wildman–Crippen LogP) is 3.79. The van der Waals surface area contributed by atoms with Gasteiger partial charge < -0.3 is 9.64 Å². The van der Waals surface area contributed by atoms with E-state index in [-0.39, 0.29) is 18.0 Å². The van der Waals surface area contributed by atoms with Crippen molar-refractivity contribution >= 4 is 27.5 Å². The number of methoxy groups -OCH3 is 1. The van der Waals surface area contributed by atoms with Crippen LogP contribution in [0.2, 0.25) is 0 Å². The van der Waals surface area contributed by atoms with Crippen LogP contribution in [0.25, 0.3) is 20.7 Å². The van der Waals surface area contributed by atoms with Crippen LogP contribution in [0.4, 0.5) is 0 Å². The third kappa shape index (κ3) is 4.11. The van der Waals surface area contributed by atoms with Crippen LogP contribution in [0.15, 0.2) is 71.8 Å². The van der Waals surface area contributed by atoms with Gasteiger partial charge in [-0.25, -0.2) is 4.98 Å². The van der Waals surface area contributed by atoms with Crippen molar-refractivity contribution in [1.82, 2.24) is 14.5 Å². The van der Waals surface area contributed by atoms with Crippen molar-refractivity contribution in [2.75, 3.05) is 14.2 Å². The number of carbonyl (C=O) groups excluding carboxylic acids is 1. The first-order valence-corrected chi connectivity index (χ1v) is 10.3. The Labute approximate surface area is 178 Å². The largest absolute Gasteiger partial charge is 0.497 e. The maximum Gasteiger partial charge on any atom is 0.271 e. The molecule has 0 saturated carbocycles. The Morgan fingerprint density at radius 1 is 1.13 bits per heavy atom. The maximum absolute atomic E-state index is 12.9. The van der Waals surface area contributed by atoms with Crippen LogP contribution >= 0.6 is 11.3 Å². The van der Waals surface area contributed by atoms with E-state index >= 15 is 0 Å². The van der Waals surface area contributed by atoms with Crippen LogP contribution < -0.4 is 10.3 Å². The zero-order chi connectivity index (χ0) is 21.1. The molecule has 0 unspecified atom stereocenters. The monoisotopic (exact) mass is 419 g/mol. The lowest BCUT2D eigenvalue weighted by molar-refractivity contribution is -0.131. The standard InChI is InChI=1S/C23H21N3O3S/c1-25(13-16-6-4-3-5-7-16)21(27)14-26-15-24-19-12-20(30-22(19)23(26)28)17-8-10-18(29-2)11-9-17/h3-12,15H,13-14H2,1-2H3. The lowest BCUT2D eigenvalue weighted by atomic mass is 10.2. The molecule has 1 amide bonds. The molecule has 0 bridgehead atoms. The second-order valence-electron chi connectivity index (χ2n) is 6.97. The van der Waals surface area contributed by atoms with Crippen molar-refractivity contribution < 1.29 is 9.53 Å². The Morgan fingerprint density at radius 3 is 2.57 bits per heavy atom. The van der Waals surface area contributed by atoms with Gasteiger partial charge in [0.15, 0.2) is 0 Å². The molecule has 0 aliphatic heterocycles. The van der Waals surface area contributed by atoms with Crippen molar-refractivity contribution in [3.8, 4) is 16.2 Å². The van der Waals surface area contributed by atoms with Crippen molar-refractivity contribution in [2.24, 2.45) is 0 Å². The molecule has 4 rings (SSSR count). The van der Waals surface area contributed by atoms with Crippen LogP contribution in [0.5, 0.6) is 5.75 Å². The van der Waals surface area contributed by atoms with E-state index in [1.807, 2.05) is 60.7 Å². The second kappa shape index (κ2) is 8.51. The number of hydrogen-bond acceptors (Lipinski definition) is 5. The van der Waals surface area contributed by atoms with Gasteiger partial charge in [0, 0.05) is 18.5 Å². The van der Waals surface area contributed by atoms with Crippen molar-refractivity contribution in [3.05, 3.63) is 82.9 Å². The van der Waals surface area contributed by atoms with E-state index in [0.717, 1.165) is 21.8 Å². The highest BCUT2D eigenvalue weighted by Gasteiger charge is 2.15. The van der Waals surface area contributed by atoms with E-state index < -0.39 is 0 Å². The van der Waals surface area contributed by atoms with Crippen molar-refractivity contribution in [2.45, 2.75) is 13.1 Å². The molecule has 0 radical (unpaired) electrons. The number of hydrogen-bond donors (Lipinski definition) is 0. The van der Waals surface area contributed by atoms with E-state index in [9.17, 15) is 9.59 Å². The molecule has 0 fully saturated rings. The number of benzene rings is 2. The number of likely N-dealkylation sites (N-methyl/N-ethyl adjacent to an activating group) is 1. The highest BCUT2D eigenvalue weighted by Crippen LogP contribution is 2.31. The summed E-state index contributed by atoms with van der Waals surface area (Å²) in [6.07, 6.45) is 1.45. The minimum Gasteiger partial charge on any atom is -0.497 e. The molecule has 4 aromatic rings. The number of fused-ring (bicyclic) bond motifs is 1. The van der Waals surface area contributed by atoms with Gasteiger partial charge in [0.25, 0.3) is 5.56 Å². The van der Waals surface area contributed by atoms with Crippen molar-refractivity contribution in [3.63, 3.8) is 0 Å². The average molecular weight is 420 g/mol. The van der Waals surface area contributed by atoms with Crippen LogP contribution in [0, 0.1) is 0 Å². The molecular weight excluding hydrogens is 398 g/mol. The molecular formula is C23H21N3O3S. The fourth-order valence-electron chi connectivity index (χ4n) is 3.17. The molecule has 2 heterocycles. The quantitative estimate of drug-likeness (QED) is 0.477. The Balaban J connectivity index is 1.55. The zero-order valence-electron chi connectivity index (χ0n) is 16.7. The summed E-state index contributed by atoms with van der Waals surface area (Å²) >= 11 is 1.38. The number of nitrogens with zero attached hydrogens (tertiary/aromatic N) is 3. The summed E-state index contributed by atoms with van der Waals surface area (Å²) in [6.45, 7) is 0.450. The number of rotatable bonds is 6. The molecule has 6 nitrogen and oxygen atoms in total. The number of amides is 1. The molecule has 2 aromatic heterocycles. The third-order valence-corrected chi connectivity index (χ3v) is 6.03. The van der Waals surface area contributed by atoms with E-state index in [1.165, 1.54) is 22.2 Å². The topological polar surface area (TPSA) is 64.4 Å². The average Bonchev–Trinajstić information content (AvgIpc) is 3.21. The number of ether oxygens (including phenoxy) is 1. The normalized spacial score (nSPS) is 10.9. The van der Waals surface area contributed by atoms with E-state index in [4.69, 9.17) is 4.74 Å². The van der Waals surface area contributed by atoms with Gasteiger partial charge in [-0.2, -0.15) is 0 Å². The molecule has 0 saturated heterocycles. The maximum atomic E-state index is 12.9. The van der Waals surface area contributed by atoms with Gasteiger partial charge in [0.05, 0.1) is 19.0 Å². The molecule has 30 heavy (non-hydrogen) atoms. The lowest BCUT2D eigenvalue weighted by Gasteiger charge is -2.17. The first-order valence-electron chi connectivity index (χ1n) is 9.46. The Bertz CT molecular complexity index is 1230. The van der Waals surface area contributed by atoms with Gasteiger partial charge >= 0.3 is 0 Å². The molecule has 0 N–H and O–H groups in total. The highest BCUT2D eigenvalue weighted by molar-refractivity contribution is 7.22. The van der Waals surface area contributed by atoms with E-state index in [1.54, 1.807) is 19.1 Å². The van der Waals surface area contributed by atoms with Crippen LogP contribution in [-0.2, 0) is 17.9 Å². The van der Waals surface area contributed by atoms with Gasteiger partial charge in [-0.3, -0.25) is 14.2 Å². The third-order valence-electron chi connectivity index (χ3n) is 4.87. The number of carbonyl (C=O) groups is 1. The van der Waals surface area contributed by atoms with Crippen molar-refractivity contribution in [1.29, 1.82) is 0 Å². The van der Waals surface area contributed by atoms with Crippen LogP contribution in [0.1, 0.15) is 5.56 Å². The molecule has 7 heteroatoms. The van der Waals surface area contributed by atoms with E-state index in [0.29, 0.717) is 16.8 Å². The fourth-order valence-corrected chi connectivity index (χ4v) is 4.23. The Hall–Kier alpha value is -3.45. The fraction of sp³-hybridized carbons (Fsp3) is 0.174. The molecule has 0 atom stereocenters. The summed E-state index contributed by atoms with van der Waals surface area (Å²) < 4.78 is 7.11. The van der Waals surface area contributed by atoms with Gasteiger partial charge in [-0.1, -0.05) is 30.3 Å². The summed E-state index contributed by atoms with van der Waals surface area (Å²) in [5, 5.41) is 0. The minimum atomic E-state index is -0.203. The van der Waals surface area contributed by atoms with Gasteiger partial charge in [-0.15, -0.1) is 11.3 Å². The summed E-state index contributed by atoms with van der Waals surface area (Å²) in [5.74, 6) is 0.632. The molecule has 0 aliphatic rings. The van der Waals surface area contributed by atoms with Crippen LogP contribution in [0.3, 0.4) is 0 Å². The Kier molecular flexibility index (Phi) is 5.63. The smallest absolute Gasteiger partial charge is 0.271 e. The zero-order valence-corrected chi connectivity index (χ0v) is 17.6. The van der Waals surface area contributed by atoms with Gasteiger partial charge in [0.1, 0.15) is 17.0 Å². The summed E-state index contributed by atoms with van der Waals surface area (Å²) in [5.41, 5.74) is 2.46. The number of thiophene rings is 1. The summed E-state index contributed by atoms with van der Waals surface area (Å²) in [7, 11) is 3.36. The number of aromatic nitrogens is 2. The van der Waals surface area contributed by atoms with Crippen LogP contribution in [-0.4, -0.2) is 34.5 Å². The summed E-state index contributed by atoms with van der Waals surface area (Å²) in [6, 6.07) is 19.3. The minimum absolute atomic E-state index is 0.0408. The van der Waals surface area contributed by atoms with E-state index in [2.05, 4.69) is 4.98 Å². The molecule has 0 spiro atoms. The molecule has 152 valence electrons. The molecule has 0 aliphatic carbocycles. The highest BCUT2D eigenvalue weighted by atomic mass is 32.1. The summed E-state index contributed by atoms with van der Waals surface area (Å²) in [4.78, 5) is 32.5. The first kappa shape index (κ1) is 19.8. The predicted molar refractivity (Wildman–Crippen MR) is 119 cm³/mol. The van der Waals surface area contributed by atoms with Gasteiger partial charge in [0.2, 0.25) is 5.91 Å². The SMILES string of the molecule is COc1ccc(-c2cc3ncn(CC(=O)N(C)Cc4ccccc4)c(=O)c3s2)cc1.